The number of carboxylic acid groups (broad SMARTS) is 1. The maximum atomic E-state index is 12.6. The highest BCUT2D eigenvalue weighted by Crippen LogP contribution is 2.29. The first kappa shape index (κ1) is 28.9. The lowest BCUT2D eigenvalue weighted by molar-refractivity contribution is -0.153. The van der Waals surface area contributed by atoms with Gasteiger partial charge < -0.3 is 9.84 Å². The van der Waals surface area contributed by atoms with Crippen LogP contribution in [0.15, 0.2) is 0 Å². The summed E-state index contributed by atoms with van der Waals surface area (Å²) in [6.07, 6.45) is 17.2. The SMILES string of the molecule is CCCCC(CC)CC(OC(=O)CCCCCCCCC(=O)O)C(CC)CCCC. The second-order valence-corrected chi connectivity index (χ2v) is 9.01. The van der Waals surface area contributed by atoms with Crippen LogP contribution in [0.5, 0.6) is 0 Å². The van der Waals surface area contributed by atoms with E-state index in [1.807, 2.05) is 0 Å². The molecule has 0 aromatic rings. The molecule has 0 aliphatic heterocycles. The third-order valence-electron chi connectivity index (χ3n) is 6.39. The molecule has 0 saturated carbocycles. The normalized spacial score (nSPS) is 14.3. The van der Waals surface area contributed by atoms with Crippen LogP contribution in [0.2, 0.25) is 0 Å². The van der Waals surface area contributed by atoms with Gasteiger partial charge >= 0.3 is 11.9 Å². The fourth-order valence-electron chi connectivity index (χ4n) is 4.25. The summed E-state index contributed by atoms with van der Waals surface area (Å²) in [4.78, 5) is 23.1. The number of ether oxygens (including phenoxy) is 1. The highest BCUT2D eigenvalue weighted by atomic mass is 16.5. The van der Waals surface area contributed by atoms with Crippen LogP contribution in [0.4, 0.5) is 0 Å². The van der Waals surface area contributed by atoms with E-state index in [4.69, 9.17) is 9.84 Å². The van der Waals surface area contributed by atoms with Crippen LogP contribution in [-0.2, 0) is 14.3 Å². The fraction of sp³-hybridized carbons (Fsp3) is 0.923. The average molecular weight is 427 g/mol. The zero-order valence-electron chi connectivity index (χ0n) is 20.4. The zero-order chi connectivity index (χ0) is 22.6. The van der Waals surface area contributed by atoms with Gasteiger partial charge in [0.2, 0.25) is 0 Å². The third-order valence-corrected chi connectivity index (χ3v) is 6.39. The van der Waals surface area contributed by atoms with Crippen molar-refractivity contribution in [2.75, 3.05) is 0 Å². The molecular weight excluding hydrogens is 376 g/mol. The molecule has 0 bridgehead atoms. The van der Waals surface area contributed by atoms with Crippen LogP contribution in [0.25, 0.3) is 0 Å². The molecule has 3 unspecified atom stereocenters. The van der Waals surface area contributed by atoms with E-state index in [2.05, 4.69) is 27.7 Å². The van der Waals surface area contributed by atoms with E-state index in [1.54, 1.807) is 0 Å². The van der Waals surface area contributed by atoms with E-state index in [0.29, 0.717) is 18.3 Å². The Balaban J connectivity index is 4.44. The molecule has 1 N–H and O–H groups in total. The summed E-state index contributed by atoms with van der Waals surface area (Å²) in [6.45, 7) is 8.97. The maximum Gasteiger partial charge on any atom is 0.306 e. The summed E-state index contributed by atoms with van der Waals surface area (Å²) in [7, 11) is 0. The third kappa shape index (κ3) is 15.7. The standard InChI is InChI=1S/C26H50O4/c1-5-9-17-22(7-3)21-24(23(8-4)18-10-6-2)30-26(29)20-16-14-12-11-13-15-19-25(27)28/h22-24H,5-21H2,1-4H3,(H,27,28). The van der Waals surface area contributed by atoms with Gasteiger partial charge in [0.05, 0.1) is 0 Å². The Morgan fingerprint density at radius 3 is 1.83 bits per heavy atom. The molecule has 0 amide bonds. The molecule has 0 aromatic carbocycles. The number of carbonyl (C=O) groups is 2. The lowest BCUT2D eigenvalue weighted by Crippen LogP contribution is -2.29. The highest BCUT2D eigenvalue weighted by Gasteiger charge is 2.26. The Bertz CT molecular complexity index is 421. The van der Waals surface area contributed by atoms with Crippen molar-refractivity contribution >= 4 is 11.9 Å². The second kappa shape index (κ2) is 19.9. The Labute approximate surface area is 186 Å². The van der Waals surface area contributed by atoms with Crippen LogP contribution >= 0.6 is 0 Å². The van der Waals surface area contributed by atoms with Crippen molar-refractivity contribution in [3.8, 4) is 0 Å². The molecule has 3 atom stereocenters. The van der Waals surface area contributed by atoms with Crippen molar-refractivity contribution in [2.24, 2.45) is 11.8 Å². The van der Waals surface area contributed by atoms with Crippen molar-refractivity contribution in [1.29, 1.82) is 0 Å². The van der Waals surface area contributed by atoms with Crippen molar-refractivity contribution in [2.45, 2.75) is 143 Å². The number of rotatable bonds is 21. The Hall–Kier alpha value is -1.06. The van der Waals surface area contributed by atoms with Crippen LogP contribution < -0.4 is 0 Å². The van der Waals surface area contributed by atoms with Crippen molar-refractivity contribution in [3.05, 3.63) is 0 Å². The Kier molecular flexibility index (Phi) is 19.2. The summed E-state index contributed by atoms with van der Waals surface area (Å²) in [5, 5.41) is 8.65. The molecule has 0 aromatic heterocycles. The first-order valence-electron chi connectivity index (χ1n) is 12.9. The molecule has 4 heteroatoms. The minimum Gasteiger partial charge on any atom is -0.481 e. The first-order valence-corrected chi connectivity index (χ1v) is 12.9. The quantitative estimate of drug-likeness (QED) is 0.149. The average Bonchev–Trinajstić information content (AvgIpc) is 2.72. The van der Waals surface area contributed by atoms with Gasteiger partial charge in [0.25, 0.3) is 0 Å². The van der Waals surface area contributed by atoms with Crippen LogP contribution in [0.1, 0.15) is 137 Å². The van der Waals surface area contributed by atoms with E-state index < -0.39 is 5.97 Å². The molecule has 0 radical (unpaired) electrons. The van der Waals surface area contributed by atoms with Gasteiger partial charge in [-0.1, -0.05) is 91.9 Å². The van der Waals surface area contributed by atoms with Gasteiger partial charge in [-0.15, -0.1) is 0 Å². The minimum atomic E-state index is -0.711. The molecule has 0 saturated heterocycles. The molecule has 30 heavy (non-hydrogen) atoms. The molecule has 0 rings (SSSR count). The number of carboxylic acids is 1. The molecule has 4 nitrogen and oxygen atoms in total. The monoisotopic (exact) mass is 426 g/mol. The van der Waals surface area contributed by atoms with Gasteiger partial charge in [-0.05, 0) is 43.9 Å². The van der Waals surface area contributed by atoms with Crippen LogP contribution in [0, 0.1) is 11.8 Å². The van der Waals surface area contributed by atoms with Gasteiger partial charge in [0, 0.05) is 12.8 Å². The molecule has 0 spiro atoms. The number of carbonyl (C=O) groups excluding carboxylic acids is 1. The topological polar surface area (TPSA) is 63.6 Å². The number of hydrogen-bond acceptors (Lipinski definition) is 3. The van der Waals surface area contributed by atoms with E-state index in [1.165, 1.54) is 38.5 Å². The number of hydrogen-bond donors (Lipinski definition) is 1. The van der Waals surface area contributed by atoms with E-state index in [0.717, 1.165) is 57.8 Å². The summed E-state index contributed by atoms with van der Waals surface area (Å²) < 4.78 is 6.08. The summed E-state index contributed by atoms with van der Waals surface area (Å²) >= 11 is 0. The zero-order valence-corrected chi connectivity index (χ0v) is 20.4. The minimum absolute atomic E-state index is 0.0221. The molecule has 0 fully saturated rings. The number of esters is 1. The predicted molar refractivity (Wildman–Crippen MR) is 126 cm³/mol. The summed E-state index contributed by atoms with van der Waals surface area (Å²) in [5.74, 6) is 0.408. The van der Waals surface area contributed by atoms with Gasteiger partial charge in [-0.2, -0.15) is 0 Å². The van der Waals surface area contributed by atoms with E-state index in [9.17, 15) is 9.59 Å². The second-order valence-electron chi connectivity index (χ2n) is 9.01. The smallest absolute Gasteiger partial charge is 0.306 e. The van der Waals surface area contributed by atoms with Gasteiger partial charge in [0.15, 0.2) is 0 Å². The molecule has 0 heterocycles. The van der Waals surface area contributed by atoms with Crippen molar-refractivity contribution in [1.82, 2.24) is 0 Å². The fourth-order valence-corrected chi connectivity index (χ4v) is 4.25. The highest BCUT2D eigenvalue weighted by molar-refractivity contribution is 5.69. The molecular formula is C26H50O4. The van der Waals surface area contributed by atoms with Gasteiger partial charge in [0.1, 0.15) is 6.10 Å². The van der Waals surface area contributed by atoms with Crippen molar-refractivity contribution in [3.63, 3.8) is 0 Å². The first-order chi connectivity index (χ1) is 14.5. The predicted octanol–water partition coefficient (Wildman–Crippen LogP) is 7.93. The van der Waals surface area contributed by atoms with Crippen molar-refractivity contribution < 1.29 is 19.4 Å². The summed E-state index contributed by atoms with van der Waals surface area (Å²) in [5.41, 5.74) is 0. The van der Waals surface area contributed by atoms with Crippen LogP contribution in [-0.4, -0.2) is 23.1 Å². The van der Waals surface area contributed by atoms with E-state index in [-0.39, 0.29) is 18.5 Å². The summed E-state index contributed by atoms with van der Waals surface area (Å²) in [6, 6.07) is 0. The maximum absolute atomic E-state index is 12.6. The number of unbranched alkanes of at least 4 members (excludes halogenated alkanes) is 7. The molecule has 0 aliphatic rings. The molecule has 0 aliphatic carbocycles. The van der Waals surface area contributed by atoms with Gasteiger partial charge in [-0.25, -0.2) is 0 Å². The largest absolute Gasteiger partial charge is 0.481 e. The lowest BCUT2D eigenvalue weighted by atomic mass is 9.84. The Morgan fingerprint density at radius 2 is 1.30 bits per heavy atom. The van der Waals surface area contributed by atoms with Crippen LogP contribution in [0.3, 0.4) is 0 Å². The lowest BCUT2D eigenvalue weighted by Gasteiger charge is -2.29. The van der Waals surface area contributed by atoms with E-state index >= 15 is 0 Å². The van der Waals surface area contributed by atoms with Gasteiger partial charge in [-0.3, -0.25) is 9.59 Å². The number of aliphatic carboxylic acids is 1. The Morgan fingerprint density at radius 1 is 0.733 bits per heavy atom. The molecule has 178 valence electrons.